The molecule has 0 aliphatic rings. The molecule has 0 radical (unpaired) electrons. The molecule has 0 fully saturated rings. The van der Waals surface area contributed by atoms with Crippen molar-refractivity contribution in [2.45, 2.75) is 40.0 Å². The molecular weight excluding hydrogens is 188 g/mol. The average molecular weight is 208 g/mol. The van der Waals surface area contributed by atoms with Crippen LogP contribution in [-0.2, 0) is 5.41 Å². The van der Waals surface area contributed by atoms with Gasteiger partial charge in [0.25, 0.3) is 0 Å². The van der Waals surface area contributed by atoms with Crippen LogP contribution in [0.5, 0.6) is 0 Å². The van der Waals surface area contributed by atoms with Gasteiger partial charge in [0.2, 0.25) is 0 Å². The number of hydrogen-bond acceptors (Lipinski definition) is 1. The van der Waals surface area contributed by atoms with E-state index in [1.54, 1.807) is 0 Å². The van der Waals surface area contributed by atoms with Crippen molar-refractivity contribution in [1.82, 2.24) is 0 Å². The lowest BCUT2D eigenvalue weighted by atomic mass is 9.82. The zero-order valence-electron chi connectivity index (χ0n) is 9.81. The van der Waals surface area contributed by atoms with Crippen molar-refractivity contribution in [1.29, 1.82) is 0 Å². The van der Waals surface area contributed by atoms with Crippen LogP contribution in [0.4, 0.5) is 0 Å². The summed E-state index contributed by atoms with van der Waals surface area (Å²) in [7, 11) is 0. The van der Waals surface area contributed by atoms with Crippen LogP contribution in [0.1, 0.15) is 36.1 Å². The van der Waals surface area contributed by atoms with Gasteiger partial charge < -0.3 is 0 Å². The fraction of sp³-hybridized carbons (Fsp3) is 0.538. The summed E-state index contributed by atoms with van der Waals surface area (Å²) in [4.78, 5) is 0. The van der Waals surface area contributed by atoms with Crippen molar-refractivity contribution >= 4 is 12.6 Å². The standard InChI is InChI=1S/C13H20S/c1-9-6-11(3)12(7-10(9)2)13(4,5)8-14/h6-7,14H,8H2,1-5H3. The van der Waals surface area contributed by atoms with Crippen LogP contribution in [0.3, 0.4) is 0 Å². The molecule has 0 aliphatic carbocycles. The first-order valence-corrected chi connectivity index (χ1v) is 5.71. The van der Waals surface area contributed by atoms with E-state index < -0.39 is 0 Å². The molecule has 0 atom stereocenters. The van der Waals surface area contributed by atoms with E-state index in [-0.39, 0.29) is 5.41 Å². The van der Waals surface area contributed by atoms with E-state index in [1.165, 1.54) is 22.3 Å². The van der Waals surface area contributed by atoms with Crippen LogP contribution >= 0.6 is 12.6 Å². The van der Waals surface area contributed by atoms with Gasteiger partial charge in [-0.15, -0.1) is 0 Å². The average Bonchev–Trinajstić information content (AvgIpc) is 2.11. The van der Waals surface area contributed by atoms with E-state index in [4.69, 9.17) is 0 Å². The van der Waals surface area contributed by atoms with Gasteiger partial charge in [-0.2, -0.15) is 12.6 Å². The molecule has 1 rings (SSSR count). The van der Waals surface area contributed by atoms with Gasteiger partial charge in [-0.05, 0) is 54.2 Å². The normalized spacial score (nSPS) is 11.9. The lowest BCUT2D eigenvalue weighted by Gasteiger charge is -2.26. The zero-order valence-corrected chi connectivity index (χ0v) is 10.7. The molecule has 1 aromatic rings. The lowest BCUT2D eigenvalue weighted by molar-refractivity contribution is 0.598. The molecule has 0 amide bonds. The zero-order chi connectivity index (χ0) is 10.9. The van der Waals surface area contributed by atoms with Crippen molar-refractivity contribution in [3.05, 3.63) is 34.4 Å². The Bertz CT molecular complexity index is 337. The second-order valence-corrected chi connectivity index (χ2v) is 5.11. The number of benzene rings is 1. The van der Waals surface area contributed by atoms with Gasteiger partial charge in [0.1, 0.15) is 0 Å². The third kappa shape index (κ3) is 2.14. The van der Waals surface area contributed by atoms with Gasteiger partial charge in [-0.1, -0.05) is 26.0 Å². The van der Waals surface area contributed by atoms with Crippen molar-refractivity contribution < 1.29 is 0 Å². The van der Waals surface area contributed by atoms with E-state index in [2.05, 4.69) is 59.4 Å². The molecule has 0 spiro atoms. The Balaban J connectivity index is 3.29. The fourth-order valence-corrected chi connectivity index (χ4v) is 1.95. The van der Waals surface area contributed by atoms with Gasteiger partial charge in [0.05, 0.1) is 0 Å². The minimum atomic E-state index is 0.172. The minimum absolute atomic E-state index is 0.172. The second kappa shape index (κ2) is 3.98. The summed E-state index contributed by atoms with van der Waals surface area (Å²) in [6.07, 6.45) is 0. The Kier molecular flexibility index (Phi) is 3.31. The molecule has 78 valence electrons. The fourth-order valence-electron chi connectivity index (χ4n) is 1.77. The molecule has 14 heavy (non-hydrogen) atoms. The van der Waals surface area contributed by atoms with Crippen molar-refractivity contribution in [2.75, 3.05) is 5.75 Å². The van der Waals surface area contributed by atoms with Crippen LogP contribution in [0, 0.1) is 20.8 Å². The summed E-state index contributed by atoms with van der Waals surface area (Å²) in [5.41, 5.74) is 5.73. The summed E-state index contributed by atoms with van der Waals surface area (Å²) in [6, 6.07) is 4.58. The first-order valence-electron chi connectivity index (χ1n) is 5.07. The van der Waals surface area contributed by atoms with Gasteiger partial charge in [0.15, 0.2) is 0 Å². The number of hydrogen-bond donors (Lipinski definition) is 1. The Morgan fingerprint density at radius 3 is 2.00 bits per heavy atom. The Labute approximate surface area is 93.1 Å². The predicted octanol–water partition coefficient (Wildman–Crippen LogP) is 3.82. The first-order chi connectivity index (χ1) is 6.38. The van der Waals surface area contributed by atoms with Gasteiger partial charge in [0, 0.05) is 0 Å². The van der Waals surface area contributed by atoms with Crippen LogP contribution < -0.4 is 0 Å². The highest BCUT2D eigenvalue weighted by Crippen LogP contribution is 2.29. The number of rotatable bonds is 2. The number of aryl methyl sites for hydroxylation is 3. The minimum Gasteiger partial charge on any atom is -0.178 e. The Hall–Kier alpha value is -0.430. The smallest absolute Gasteiger partial charge is 0.000573 e. The van der Waals surface area contributed by atoms with Crippen LogP contribution in [0.15, 0.2) is 12.1 Å². The molecule has 0 saturated carbocycles. The maximum Gasteiger partial charge on any atom is -0.000573 e. The maximum absolute atomic E-state index is 4.42. The van der Waals surface area contributed by atoms with Crippen molar-refractivity contribution in [3.63, 3.8) is 0 Å². The SMILES string of the molecule is Cc1cc(C)c(C(C)(C)CS)cc1C. The summed E-state index contributed by atoms with van der Waals surface area (Å²) in [6.45, 7) is 11.0. The van der Waals surface area contributed by atoms with E-state index in [1.807, 2.05) is 0 Å². The highest BCUT2D eigenvalue weighted by molar-refractivity contribution is 7.80. The summed E-state index contributed by atoms with van der Waals surface area (Å²) in [5, 5.41) is 0. The maximum atomic E-state index is 4.42. The highest BCUT2D eigenvalue weighted by atomic mass is 32.1. The highest BCUT2D eigenvalue weighted by Gasteiger charge is 2.20. The number of thiol groups is 1. The summed E-state index contributed by atoms with van der Waals surface area (Å²) in [5.74, 6) is 0.885. The third-order valence-electron chi connectivity index (χ3n) is 2.97. The summed E-state index contributed by atoms with van der Waals surface area (Å²) >= 11 is 4.42. The molecule has 0 nitrogen and oxygen atoms in total. The third-order valence-corrected chi connectivity index (χ3v) is 3.76. The van der Waals surface area contributed by atoms with E-state index in [0.29, 0.717) is 0 Å². The van der Waals surface area contributed by atoms with E-state index in [9.17, 15) is 0 Å². The second-order valence-electron chi connectivity index (χ2n) is 4.79. The molecule has 0 bridgehead atoms. The molecule has 0 aliphatic heterocycles. The van der Waals surface area contributed by atoms with Crippen molar-refractivity contribution in [3.8, 4) is 0 Å². The van der Waals surface area contributed by atoms with Crippen LogP contribution in [-0.4, -0.2) is 5.75 Å². The first kappa shape index (κ1) is 11.6. The molecule has 0 unspecified atom stereocenters. The van der Waals surface area contributed by atoms with Crippen LogP contribution in [0.2, 0.25) is 0 Å². The van der Waals surface area contributed by atoms with Crippen LogP contribution in [0.25, 0.3) is 0 Å². The summed E-state index contributed by atoms with van der Waals surface area (Å²) < 4.78 is 0. The molecule has 1 heteroatoms. The largest absolute Gasteiger partial charge is 0.178 e. The van der Waals surface area contributed by atoms with Gasteiger partial charge in [-0.25, -0.2) is 0 Å². The Morgan fingerprint density at radius 2 is 1.50 bits per heavy atom. The monoisotopic (exact) mass is 208 g/mol. The molecule has 0 heterocycles. The molecule has 1 aromatic carbocycles. The topological polar surface area (TPSA) is 0 Å². The van der Waals surface area contributed by atoms with Gasteiger partial charge >= 0.3 is 0 Å². The Morgan fingerprint density at radius 1 is 1.00 bits per heavy atom. The van der Waals surface area contributed by atoms with Gasteiger partial charge in [-0.3, -0.25) is 0 Å². The van der Waals surface area contributed by atoms with Crippen molar-refractivity contribution in [2.24, 2.45) is 0 Å². The van der Waals surface area contributed by atoms with E-state index >= 15 is 0 Å². The van der Waals surface area contributed by atoms with E-state index in [0.717, 1.165) is 5.75 Å². The molecule has 0 aromatic heterocycles. The lowest BCUT2D eigenvalue weighted by Crippen LogP contribution is -2.20. The predicted molar refractivity (Wildman–Crippen MR) is 67.5 cm³/mol. The quantitative estimate of drug-likeness (QED) is 0.702. The molecular formula is C13H20S. The molecule has 0 N–H and O–H groups in total. The molecule has 0 saturated heterocycles.